The number of allylic oxidation sites excluding steroid dienone is 2. The minimum absolute atomic E-state index is 0.354. The van der Waals surface area contributed by atoms with Gasteiger partial charge < -0.3 is 4.74 Å². The maximum Gasteiger partial charge on any atom is 0.224 e. The topological polar surface area (TPSA) is 85.3 Å². The van der Waals surface area contributed by atoms with Crippen LogP contribution in [0.3, 0.4) is 0 Å². The average Bonchev–Trinajstić information content (AvgIpc) is 3.51. The molecule has 4 aromatic rings. The molecule has 1 N–H and O–H groups in total. The fourth-order valence-corrected chi connectivity index (χ4v) is 6.64. The van der Waals surface area contributed by atoms with Crippen LogP contribution in [-0.4, -0.2) is 31.4 Å². The third-order valence-electron chi connectivity index (χ3n) is 6.74. The molecule has 8 rings (SSSR count). The molecule has 0 amide bonds. The number of ether oxygens (including phenoxy) is 1. The molecule has 1 aromatic carbocycles. The standard InChI is InChI=1S/C24H18N6O2S/c1-2-14-15(3-1)21-19(14)20-23(27-22(28-24(20)33-21)16-10-25-6-7-26-16)29-30-11-12-4-5-17-13(8-12)9-18(31-17)32-30/h2,4-8,10,15,18H,1,3,9,11H2,(H,27,28,29). The summed E-state index contributed by atoms with van der Waals surface area (Å²) in [6.45, 7) is 0.566. The number of aromatic nitrogens is 4. The number of nitrogens with one attached hydrogen (secondary N) is 1. The Balaban J connectivity index is 1.26. The lowest BCUT2D eigenvalue weighted by atomic mass is 9.80. The van der Waals surface area contributed by atoms with E-state index in [4.69, 9.17) is 19.5 Å². The Kier molecular flexibility index (Phi) is 3.60. The van der Waals surface area contributed by atoms with Gasteiger partial charge in [0.05, 0.1) is 18.1 Å². The molecule has 8 nitrogen and oxygen atoms in total. The smallest absolute Gasteiger partial charge is 0.224 e. The molecule has 2 aliphatic carbocycles. The molecular formula is C24H18N6O2S. The SMILES string of the molecule is C1=C2c3c(sc4nc(-c5cnccn5)nc(NN5Cc6ccc7c(c6)CC(O7)O5)c34)C2CC1. The van der Waals surface area contributed by atoms with E-state index in [-0.39, 0.29) is 6.29 Å². The first-order chi connectivity index (χ1) is 16.3. The number of hydrogen-bond acceptors (Lipinski definition) is 9. The zero-order valence-corrected chi connectivity index (χ0v) is 18.3. The maximum atomic E-state index is 6.19. The highest BCUT2D eigenvalue weighted by molar-refractivity contribution is 7.19. The van der Waals surface area contributed by atoms with Crippen molar-refractivity contribution < 1.29 is 9.57 Å². The van der Waals surface area contributed by atoms with E-state index in [1.165, 1.54) is 28.0 Å². The molecular weight excluding hydrogens is 436 g/mol. The summed E-state index contributed by atoms with van der Waals surface area (Å²) >= 11 is 1.76. The lowest BCUT2D eigenvalue weighted by Gasteiger charge is -2.28. The van der Waals surface area contributed by atoms with Crippen molar-refractivity contribution in [3.8, 4) is 17.3 Å². The molecule has 9 heteroatoms. The third kappa shape index (κ3) is 2.64. The van der Waals surface area contributed by atoms with Gasteiger partial charge in [-0.15, -0.1) is 11.3 Å². The van der Waals surface area contributed by atoms with Crippen LogP contribution in [0, 0.1) is 0 Å². The van der Waals surface area contributed by atoms with Crippen LogP contribution in [-0.2, 0) is 17.8 Å². The van der Waals surface area contributed by atoms with E-state index >= 15 is 0 Å². The van der Waals surface area contributed by atoms with Gasteiger partial charge in [-0.2, -0.15) is 0 Å². The van der Waals surface area contributed by atoms with Crippen molar-refractivity contribution in [3.05, 3.63) is 64.4 Å². The Morgan fingerprint density at radius 3 is 3.12 bits per heavy atom. The van der Waals surface area contributed by atoms with E-state index in [2.05, 4.69) is 33.6 Å². The monoisotopic (exact) mass is 454 g/mol. The van der Waals surface area contributed by atoms with Crippen LogP contribution in [0.5, 0.6) is 5.75 Å². The summed E-state index contributed by atoms with van der Waals surface area (Å²) in [5.41, 5.74) is 9.18. The molecule has 2 unspecified atom stereocenters. The van der Waals surface area contributed by atoms with Crippen molar-refractivity contribution in [3.63, 3.8) is 0 Å². The van der Waals surface area contributed by atoms with E-state index in [0.29, 0.717) is 24.0 Å². The number of fused-ring (bicyclic) bond motifs is 8. The lowest BCUT2D eigenvalue weighted by molar-refractivity contribution is -0.240. The Morgan fingerprint density at radius 2 is 2.18 bits per heavy atom. The van der Waals surface area contributed by atoms with Gasteiger partial charge in [0.15, 0.2) is 11.6 Å². The van der Waals surface area contributed by atoms with Gasteiger partial charge in [0.1, 0.15) is 16.3 Å². The average molecular weight is 455 g/mol. The Morgan fingerprint density at radius 1 is 1.18 bits per heavy atom. The van der Waals surface area contributed by atoms with Crippen molar-refractivity contribution in [2.75, 3.05) is 5.43 Å². The van der Waals surface area contributed by atoms with Gasteiger partial charge in [0, 0.05) is 40.7 Å². The van der Waals surface area contributed by atoms with Gasteiger partial charge in [-0.05, 0) is 30.0 Å². The van der Waals surface area contributed by atoms with Crippen LogP contribution in [0.15, 0.2) is 42.9 Å². The van der Waals surface area contributed by atoms with E-state index in [9.17, 15) is 0 Å². The second-order valence-electron chi connectivity index (χ2n) is 8.74. The van der Waals surface area contributed by atoms with Gasteiger partial charge in [0.2, 0.25) is 6.29 Å². The summed E-state index contributed by atoms with van der Waals surface area (Å²) < 4.78 is 5.96. The lowest BCUT2D eigenvalue weighted by Crippen LogP contribution is -2.37. The summed E-state index contributed by atoms with van der Waals surface area (Å²) in [4.78, 5) is 27.0. The number of hydroxylamine groups is 1. The van der Waals surface area contributed by atoms with Crippen LogP contribution < -0.4 is 10.2 Å². The Labute approximate surface area is 192 Å². The minimum atomic E-state index is -0.354. The summed E-state index contributed by atoms with van der Waals surface area (Å²) in [5, 5.41) is 2.79. The maximum absolute atomic E-state index is 6.19. The minimum Gasteiger partial charge on any atom is -0.463 e. The van der Waals surface area contributed by atoms with Crippen LogP contribution in [0.25, 0.3) is 27.3 Å². The molecule has 4 aliphatic rings. The molecule has 2 aliphatic heterocycles. The van der Waals surface area contributed by atoms with Crippen molar-refractivity contribution in [1.29, 1.82) is 0 Å². The van der Waals surface area contributed by atoms with Crippen LogP contribution in [0.2, 0.25) is 0 Å². The van der Waals surface area contributed by atoms with E-state index in [0.717, 1.165) is 40.2 Å². The number of nitrogens with zero attached hydrogens (tertiary/aromatic N) is 5. The molecule has 162 valence electrons. The van der Waals surface area contributed by atoms with E-state index in [1.807, 2.05) is 6.07 Å². The highest BCUT2D eigenvalue weighted by Gasteiger charge is 2.40. The van der Waals surface area contributed by atoms with Crippen molar-refractivity contribution in [2.24, 2.45) is 0 Å². The fraction of sp³-hybridized carbons (Fsp3) is 0.250. The number of hydrazine groups is 1. The third-order valence-corrected chi connectivity index (χ3v) is 7.94. The van der Waals surface area contributed by atoms with Gasteiger partial charge >= 0.3 is 0 Å². The first-order valence-corrected chi connectivity index (χ1v) is 11.9. The van der Waals surface area contributed by atoms with Crippen molar-refractivity contribution in [1.82, 2.24) is 25.1 Å². The summed E-state index contributed by atoms with van der Waals surface area (Å²) in [7, 11) is 0. The Hall–Kier alpha value is -3.40. The molecule has 0 saturated heterocycles. The largest absolute Gasteiger partial charge is 0.463 e. The molecule has 33 heavy (non-hydrogen) atoms. The highest BCUT2D eigenvalue weighted by Crippen LogP contribution is 2.59. The Bertz CT molecular complexity index is 1480. The zero-order chi connectivity index (χ0) is 21.5. The van der Waals surface area contributed by atoms with E-state index < -0.39 is 0 Å². The molecule has 3 bridgehead atoms. The van der Waals surface area contributed by atoms with Crippen molar-refractivity contribution >= 4 is 32.9 Å². The van der Waals surface area contributed by atoms with Crippen LogP contribution in [0.1, 0.15) is 40.3 Å². The highest BCUT2D eigenvalue weighted by atomic mass is 32.1. The second kappa shape index (κ2) is 6.57. The predicted octanol–water partition coefficient (Wildman–Crippen LogP) is 4.46. The molecule has 0 fully saturated rings. The molecule has 5 heterocycles. The second-order valence-corrected chi connectivity index (χ2v) is 9.78. The summed E-state index contributed by atoms with van der Waals surface area (Å²) in [5.74, 6) is 2.72. The number of hydrogen-bond donors (Lipinski definition) is 1. The normalized spacial score (nSPS) is 22.2. The summed E-state index contributed by atoms with van der Waals surface area (Å²) in [6, 6.07) is 6.30. The van der Waals surface area contributed by atoms with E-state index in [1.54, 1.807) is 35.1 Å². The van der Waals surface area contributed by atoms with Crippen molar-refractivity contribution in [2.45, 2.75) is 38.0 Å². The predicted molar refractivity (Wildman–Crippen MR) is 123 cm³/mol. The number of anilines is 1. The van der Waals surface area contributed by atoms with Crippen LogP contribution in [0.4, 0.5) is 5.82 Å². The summed E-state index contributed by atoms with van der Waals surface area (Å²) in [6.07, 6.45) is 10.1. The first kappa shape index (κ1) is 18.1. The van der Waals surface area contributed by atoms with Crippen LogP contribution >= 0.6 is 11.3 Å². The zero-order valence-electron chi connectivity index (χ0n) is 17.5. The quantitative estimate of drug-likeness (QED) is 0.486. The molecule has 0 spiro atoms. The molecule has 0 radical (unpaired) electrons. The number of rotatable bonds is 3. The number of benzene rings is 1. The van der Waals surface area contributed by atoms with Gasteiger partial charge in [-0.25, -0.2) is 19.8 Å². The molecule has 0 saturated carbocycles. The number of thiophene rings is 1. The van der Waals surface area contributed by atoms with Gasteiger partial charge in [-0.3, -0.25) is 10.4 Å². The fourth-order valence-electron chi connectivity index (χ4n) is 5.29. The first-order valence-electron chi connectivity index (χ1n) is 11.1. The van der Waals surface area contributed by atoms with Gasteiger partial charge in [-0.1, -0.05) is 23.4 Å². The molecule has 2 atom stereocenters. The molecule has 3 aromatic heterocycles. The van der Waals surface area contributed by atoms with Gasteiger partial charge in [0.25, 0.3) is 0 Å².